The van der Waals surface area contributed by atoms with E-state index in [1.807, 2.05) is 65.6 Å². The van der Waals surface area contributed by atoms with Gasteiger partial charge < -0.3 is 0 Å². The third kappa shape index (κ3) is 2.74. The molecule has 0 aromatic heterocycles. The predicted molar refractivity (Wildman–Crippen MR) is 92.5 cm³/mol. The van der Waals surface area contributed by atoms with Crippen molar-refractivity contribution in [1.29, 1.82) is 0 Å². The van der Waals surface area contributed by atoms with Crippen LogP contribution in [0, 0.1) is 0 Å². The number of fused-ring (bicyclic) bond motifs is 1. The fourth-order valence-corrected chi connectivity index (χ4v) is 5.85. The van der Waals surface area contributed by atoms with Crippen LogP contribution in [0.15, 0.2) is 60.7 Å². The van der Waals surface area contributed by atoms with Crippen LogP contribution < -0.4 is 0 Å². The summed E-state index contributed by atoms with van der Waals surface area (Å²) >= 11 is -0.0140. The Morgan fingerprint density at radius 3 is 1.96 bits per heavy atom. The van der Waals surface area contributed by atoms with Gasteiger partial charge >= 0.3 is 147 Å². The Kier molecular flexibility index (Phi) is 4.13. The van der Waals surface area contributed by atoms with Crippen molar-refractivity contribution in [2.24, 2.45) is 0 Å². The van der Waals surface area contributed by atoms with E-state index < -0.39 is 0 Å². The van der Waals surface area contributed by atoms with Gasteiger partial charge in [0.05, 0.1) is 0 Å². The van der Waals surface area contributed by atoms with Crippen molar-refractivity contribution in [2.75, 3.05) is 0 Å². The second kappa shape index (κ2) is 6.42. The monoisotopic (exact) mass is 386 g/mol. The van der Waals surface area contributed by atoms with E-state index in [-0.39, 0.29) is 37.8 Å². The van der Waals surface area contributed by atoms with E-state index in [0.29, 0.717) is 13.1 Å². The van der Waals surface area contributed by atoms with E-state index in [0.717, 1.165) is 16.4 Å². The van der Waals surface area contributed by atoms with Gasteiger partial charge in [0.2, 0.25) is 0 Å². The standard InChI is InChI=1S/C19H18N2O2Se/c22-18-17-16(13-24-18)20(11-14-7-3-1-4-8-14)19(23)21(17)12-15-9-5-2-6-10-15/h1-10,16-17H,11-13H2/t16-,17-/m0/s1. The zero-order valence-electron chi connectivity index (χ0n) is 13.2. The number of urea groups is 1. The van der Waals surface area contributed by atoms with Crippen molar-refractivity contribution in [3.05, 3.63) is 71.8 Å². The molecule has 0 saturated carbocycles. The molecule has 122 valence electrons. The van der Waals surface area contributed by atoms with Crippen LogP contribution in [-0.2, 0) is 17.9 Å². The summed E-state index contributed by atoms with van der Waals surface area (Å²) in [5.41, 5.74) is 2.18. The van der Waals surface area contributed by atoms with Gasteiger partial charge in [-0.25, -0.2) is 0 Å². The quantitative estimate of drug-likeness (QED) is 0.759. The Labute approximate surface area is 147 Å². The molecule has 0 bridgehead atoms. The van der Waals surface area contributed by atoms with Crippen LogP contribution in [0.25, 0.3) is 0 Å². The molecule has 2 fully saturated rings. The fraction of sp³-hybridized carbons (Fsp3) is 0.263. The third-order valence-corrected chi connectivity index (χ3v) is 6.79. The van der Waals surface area contributed by atoms with Gasteiger partial charge in [0, 0.05) is 0 Å². The van der Waals surface area contributed by atoms with Crippen molar-refractivity contribution in [2.45, 2.75) is 30.5 Å². The second-order valence-corrected chi connectivity index (χ2v) is 8.30. The Bertz CT molecular complexity index is 750. The number of hydrogen-bond acceptors (Lipinski definition) is 2. The molecule has 0 spiro atoms. The molecule has 0 N–H and O–H groups in total. The van der Waals surface area contributed by atoms with Crippen LogP contribution in [0.5, 0.6) is 0 Å². The van der Waals surface area contributed by atoms with Crippen molar-refractivity contribution < 1.29 is 9.59 Å². The Morgan fingerprint density at radius 1 is 0.833 bits per heavy atom. The fourth-order valence-electron chi connectivity index (χ4n) is 3.43. The number of carbonyl (C=O) groups is 2. The van der Waals surface area contributed by atoms with Gasteiger partial charge in [-0.3, -0.25) is 0 Å². The van der Waals surface area contributed by atoms with Crippen molar-refractivity contribution >= 4 is 25.7 Å². The number of hydrogen-bond donors (Lipinski definition) is 0. The molecule has 2 aromatic rings. The maximum absolute atomic E-state index is 13.0. The molecule has 4 rings (SSSR count). The van der Waals surface area contributed by atoms with Gasteiger partial charge in [-0.05, 0) is 0 Å². The van der Waals surface area contributed by atoms with Crippen molar-refractivity contribution in [3.8, 4) is 0 Å². The molecule has 24 heavy (non-hydrogen) atoms. The zero-order chi connectivity index (χ0) is 16.5. The average Bonchev–Trinajstić information content (AvgIpc) is 3.11. The molecule has 5 heteroatoms. The summed E-state index contributed by atoms with van der Waals surface area (Å²) in [7, 11) is 0. The third-order valence-electron chi connectivity index (χ3n) is 4.62. The van der Waals surface area contributed by atoms with Gasteiger partial charge in [-0.2, -0.15) is 0 Å². The first kappa shape index (κ1) is 15.4. The van der Waals surface area contributed by atoms with Crippen LogP contribution in [0.4, 0.5) is 4.79 Å². The SMILES string of the molecule is O=C1[Se]C[C@H]2[C@@H]1N(Cc1ccccc1)C(=O)N2Cc1ccccc1. The predicted octanol–water partition coefficient (Wildman–Crippen LogP) is 2.52. The van der Waals surface area contributed by atoms with Crippen LogP contribution in [0.2, 0.25) is 5.32 Å². The summed E-state index contributed by atoms with van der Waals surface area (Å²) in [6, 6.07) is 19.7. The van der Waals surface area contributed by atoms with Gasteiger partial charge in [0.15, 0.2) is 0 Å². The Morgan fingerprint density at radius 2 is 1.38 bits per heavy atom. The summed E-state index contributed by atoms with van der Waals surface area (Å²) in [6.07, 6.45) is 0. The van der Waals surface area contributed by atoms with Crippen LogP contribution in [0.3, 0.4) is 0 Å². The first-order valence-electron chi connectivity index (χ1n) is 8.06. The van der Waals surface area contributed by atoms with E-state index in [2.05, 4.69) is 0 Å². The molecule has 2 aromatic carbocycles. The number of amides is 2. The molecule has 2 amide bonds. The maximum atomic E-state index is 13.0. The molecule has 2 atom stereocenters. The molecular weight excluding hydrogens is 367 g/mol. The van der Waals surface area contributed by atoms with E-state index in [4.69, 9.17) is 0 Å². The summed E-state index contributed by atoms with van der Waals surface area (Å²) in [4.78, 5) is 29.1. The molecule has 0 unspecified atom stereocenters. The van der Waals surface area contributed by atoms with Crippen LogP contribution >= 0.6 is 0 Å². The summed E-state index contributed by atoms with van der Waals surface area (Å²) in [6.45, 7) is 1.09. The molecule has 2 aliphatic heterocycles. The van der Waals surface area contributed by atoms with Gasteiger partial charge in [0.25, 0.3) is 0 Å². The van der Waals surface area contributed by atoms with Gasteiger partial charge in [-0.1, -0.05) is 0 Å². The summed E-state index contributed by atoms with van der Waals surface area (Å²) < 4.78 is 0.257. The first-order valence-corrected chi connectivity index (χ1v) is 10.1. The van der Waals surface area contributed by atoms with E-state index in [1.54, 1.807) is 4.90 Å². The van der Waals surface area contributed by atoms with Crippen molar-refractivity contribution in [1.82, 2.24) is 9.80 Å². The first-order chi connectivity index (χ1) is 11.7. The number of carbonyl (C=O) groups excluding carboxylic acids is 2. The number of rotatable bonds is 4. The molecule has 0 aliphatic carbocycles. The van der Waals surface area contributed by atoms with E-state index >= 15 is 0 Å². The van der Waals surface area contributed by atoms with Gasteiger partial charge in [0.1, 0.15) is 0 Å². The molecular formula is C19H18N2O2Se. The average molecular weight is 385 g/mol. The molecule has 4 nitrogen and oxygen atoms in total. The Balaban J connectivity index is 1.60. The minimum atomic E-state index is -0.263. The molecule has 0 radical (unpaired) electrons. The second-order valence-electron chi connectivity index (χ2n) is 6.15. The molecule has 2 heterocycles. The molecule has 2 aliphatic rings. The Hall–Kier alpha value is -2.10. The summed E-state index contributed by atoms with van der Waals surface area (Å²) in [5, 5.41) is 0.834. The zero-order valence-corrected chi connectivity index (χ0v) is 14.9. The summed E-state index contributed by atoms with van der Waals surface area (Å²) in [5.74, 6) is 0. The van der Waals surface area contributed by atoms with Crippen LogP contribution in [0.1, 0.15) is 11.1 Å². The van der Waals surface area contributed by atoms with E-state index in [9.17, 15) is 9.59 Å². The topological polar surface area (TPSA) is 40.6 Å². The normalized spacial score (nSPS) is 23.0. The number of benzene rings is 2. The van der Waals surface area contributed by atoms with Crippen LogP contribution in [-0.4, -0.2) is 47.6 Å². The van der Waals surface area contributed by atoms with E-state index in [1.165, 1.54) is 0 Å². The van der Waals surface area contributed by atoms with Gasteiger partial charge in [-0.15, -0.1) is 0 Å². The number of nitrogens with zero attached hydrogens (tertiary/aromatic N) is 2. The van der Waals surface area contributed by atoms with Crippen molar-refractivity contribution in [3.63, 3.8) is 0 Å². The molecule has 2 saturated heterocycles. The minimum absolute atomic E-state index is 0.0124.